The second-order valence-electron chi connectivity index (χ2n) is 5.25. The molecule has 0 heterocycles. The van der Waals surface area contributed by atoms with Gasteiger partial charge in [0, 0.05) is 0 Å². The lowest BCUT2D eigenvalue weighted by molar-refractivity contribution is -0.153. The molecule has 0 saturated heterocycles. The third kappa shape index (κ3) is 6.80. The van der Waals surface area contributed by atoms with Crippen LogP contribution in [-0.4, -0.2) is 36.9 Å². The molecule has 0 amide bonds. The number of hydrogen-bond donors (Lipinski definition) is 1. The molecule has 0 rings (SSSR count). The second kappa shape index (κ2) is 6.21. The highest BCUT2D eigenvalue weighted by molar-refractivity contribution is 5.79. The van der Waals surface area contributed by atoms with Crippen molar-refractivity contribution >= 4 is 5.97 Å². The molecule has 16 heavy (non-hydrogen) atoms. The molecule has 1 N–H and O–H groups in total. The van der Waals surface area contributed by atoms with Gasteiger partial charge in [0.25, 0.3) is 0 Å². The lowest BCUT2D eigenvalue weighted by atomic mass is 10.1. The molecular weight excluding hydrogens is 206 g/mol. The summed E-state index contributed by atoms with van der Waals surface area (Å²) in [5, 5.41) is 3.06. The van der Waals surface area contributed by atoms with Crippen LogP contribution >= 0.6 is 0 Å². The number of carbonyl (C=O) groups is 1. The zero-order valence-corrected chi connectivity index (χ0v) is 11.3. The molecule has 0 unspecified atom stereocenters. The predicted octanol–water partition coefficient (Wildman–Crippen LogP) is 1.73. The van der Waals surface area contributed by atoms with Gasteiger partial charge in [0.1, 0.15) is 12.1 Å². The van der Waals surface area contributed by atoms with Crippen LogP contribution in [0.3, 0.4) is 0 Å². The molecule has 0 bridgehead atoms. The summed E-state index contributed by atoms with van der Waals surface area (Å²) in [6.45, 7) is 12.9. The molecule has 0 aromatic rings. The Kier molecular flexibility index (Phi) is 5.97. The van der Waals surface area contributed by atoms with Crippen LogP contribution in [-0.2, 0) is 14.3 Å². The van der Waals surface area contributed by atoms with Crippen molar-refractivity contribution in [1.82, 2.24) is 5.32 Å². The Morgan fingerprint density at radius 1 is 1.12 bits per heavy atom. The second-order valence-corrected chi connectivity index (χ2v) is 5.25. The first-order valence-corrected chi connectivity index (χ1v) is 5.75. The van der Waals surface area contributed by atoms with Gasteiger partial charge in [-0.3, -0.25) is 4.79 Å². The third-order valence-electron chi connectivity index (χ3n) is 1.98. The fraction of sp³-hybridized carbons (Fsp3) is 0.917. The normalized spacial score (nSPS) is 12.6. The maximum Gasteiger partial charge on any atom is 0.325 e. The SMILES string of the molecule is CCNC(C)(C)C(=O)OCCOC(C)(C)C. The Hall–Kier alpha value is -0.610. The van der Waals surface area contributed by atoms with Crippen LogP contribution in [0.4, 0.5) is 0 Å². The van der Waals surface area contributed by atoms with Gasteiger partial charge in [0.15, 0.2) is 0 Å². The van der Waals surface area contributed by atoms with Gasteiger partial charge in [-0.25, -0.2) is 0 Å². The van der Waals surface area contributed by atoms with E-state index in [4.69, 9.17) is 9.47 Å². The quantitative estimate of drug-likeness (QED) is 0.558. The van der Waals surface area contributed by atoms with Crippen molar-refractivity contribution in [3.63, 3.8) is 0 Å². The van der Waals surface area contributed by atoms with Crippen molar-refractivity contribution in [3.8, 4) is 0 Å². The summed E-state index contributed by atoms with van der Waals surface area (Å²) in [4.78, 5) is 11.6. The van der Waals surface area contributed by atoms with E-state index < -0.39 is 5.54 Å². The van der Waals surface area contributed by atoms with Crippen molar-refractivity contribution in [2.45, 2.75) is 52.7 Å². The van der Waals surface area contributed by atoms with Gasteiger partial charge in [0.05, 0.1) is 12.2 Å². The van der Waals surface area contributed by atoms with Crippen LogP contribution in [0.15, 0.2) is 0 Å². The smallest absolute Gasteiger partial charge is 0.325 e. The molecule has 0 aliphatic carbocycles. The van der Waals surface area contributed by atoms with Crippen LogP contribution in [0.25, 0.3) is 0 Å². The van der Waals surface area contributed by atoms with Crippen molar-refractivity contribution in [3.05, 3.63) is 0 Å². The minimum absolute atomic E-state index is 0.191. The lowest BCUT2D eigenvalue weighted by Gasteiger charge is -2.24. The molecular formula is C12H25NO3. The van der Waals surface area contributed by atoms with Gasteiger partial charge in [-0.1, -0.05) is 6.92 Å². The number of likely N-dealkylation sites (N-methyl/N-ethyl adjacent to an activating group) is 1. The van der Waals surface area contributed by atoms with Crippen molar-refractivity contribution < 1.29 is 14.3 Å². The zero-order valence-electron chi connectivity index (χ0n) is 11.3. The van der Waals surface area contributed by atoms with E-state index in [9.17, 15) is 4.79 Å². The fourth-order valence-electron chi connectivity index (χ4n) is 1.18. The molecule has 0 spiro atoms. The number of rotatable bonds is 6. The van der Waals surface area contributed by atoms with Crippen molar-refractivity contribution in [2.75, 3.05) is 19.8 Å². The van der Waals surface area contributed by atoms with Gasteiger partial charge in [-0.05, 0) is 41.2 Å². The Balaban J connectivity index is 3.82. The highest BCUT2D eigenvalue weighted by Crippen LogP contribution is 2.07. The Bertz CT molecular complexity index is 219. The Labute approximate surface area is 98.7 Å². The number of esters is 1. The molecule has 0 atom stereocenters. The van der Waals surface area contributed by atoms with Crippen LogP contribution in [0, 0.1) is 0 Å². The number of nitrogens with one attached hydrogen (secondary N) is 1. The Morgan fingerprint density at radius 2 is 1.69 bits per heavy atom. The van der Waals surface area contributed by atoms with E-state index in [1.54, 1.807) is 0 Å². The highest BCUT2D eigenvalue weighted by Gasteiger charge is 2.27. The largest absolute Gasteiger partial charge is 0.462 e. The van der Waals surface area contributed by atoms with Crippen molar-refractivity contribution in [1.29, 1.82) is 0 Å². The van der Waals surface area contributed by atoms with Crippen LogP contribution < -0.4 is 5.32 Å². The molecule has 4 heteroatoms. The monoisotopic (exact) mass is 231 g/mol. The average Bonchev–Trinajstić information content (AvgIpc) is 2.10. The summed E-state index contributed by atoms with van der Waals surface area (Å²) < 4.78 is 10.6. The topological polar surface area (TPSA) is 47.6 Å². The molecule has 0 radical (unpaired) electrons. The van der Waals surface area contributed by atoms with E-state index in [1.807, 2.05) is 41.5 Å². The van der Waals surface area contributed by atoms with E-state index in [-0.39, 0.29) is 11.6 Å². The maximum atomic E-state index is 11.6. The molecule has 0 aliphatic heterocycles. The summed E-state index contributed by atoms with van der Waals surface area (Å²) in [6, 6.07) is 0. The van der Waals surface area contributed by atoms with Gasteiger partial charge in [-0.2, -0.15) is 0 Å². The number of carbonyl (C=O) groups excluding carboxylic acids is 1. The fourth-order valence-corrected chi connectivity index (χ4v) is 1.18. The molecule has 96 valence electrons. The minimum atomic E-state index is -0.628. The van der Waals surface area contributed by atoms with E-state index in [2.05, 4.69) is 5.32 Å². The first-order chi connectivity index (χ1) is 7.19. The minimum Gasteiger partial charge on any atom is -0.462 e. The zero-order chi connectivity index (χ0) is 12.8. The predicted molar refractivity (Wildman–Crippen MR) is 64.4 cm³/mol. The summed E-state index contributed by atoms with van der Waals surface area (Å²) in [6.07, 6.45) is 0. The summed E-state index contributed by atoms with van der Waals surface area (Å²) >= 11 is 0. The van der Waals surface area contributed by atoms with Gasteiger partial charge in [-0.15, -0.1) is 0 Å². The van der Waals surface area contributed by atoms with E-state index >= 15 is 0 Å². The van der Waals surface area contributed by atoms with Crippen molar-refractivity contribution in [2.24, 2.45) is 0 Å². The van der Waals surface area contributed by atoms with Crippen LogP contribution in [0.2, 0.25) is 0 Å². The number of hydrogen-bond acceptors (Lipinski definition) is 4. The molecule has 0 aromatic heterocycles. The van der Waals surface area contributed by atoms with Gasteiger partial charge < -0.3 is 14.8 Å². The van der Waals surface area contributed by atoms with E-state index in [1.165, 1.54) is 0 Å². The molecule has 0 fully saturated rings. The number of ether oxygens (including phenoxy) is 2. The molecule has 0 saturated carbocycles. The van der Waals surface area contributed by atoms with E-state index in [0.29, 0.717) is 13.2 Å². The summed E-state index contributed by atoms with van der Waals surface area (Å²) in [5.41, 5.74) is -0.819. The van der Waals surface area contributed by atoms with Gasteiger partial charge in [0.2, 0.25) is 0 Å². The standard InChI is InChI=1S/C12H25NO3/c1-7-13-12(5,6)10(14)15-8-9-16-11(2,3)4/h13H,7-9H2,1-6H3. The highest BCUT2D eigenvalue weighted by atomic mass is 16.6. The molecule has 4 nitrogen and oxygen atoms in total. The molecule has 0 aliphatic rings. The summed E-state index contributed by atoms with van der Waals surface area (Å²) in [5.74, 6) is -0.244. The first-order valence-electron chi connectivity index (χ1n) is 5.75. The lowest BCUT2D eigenvalue weighted by Crippen LogP contribution is -2.47. The summed E-state index contributed by atoms with van der Waals surface area (Å²) in [7, 11) is 0. The first kappa shape index (κ1) is 15.4. The average molecular weight is 231 g/mol. The maximum absolute atomic E-state index is 11.6. The van der Waals surface area contributed by atoms with Crippen LogP contribution in [0.1, 0.15) is 41.5 Å². The third-order valence-corrected chi connectivity index (χ3v) is 1.98. The van der Waals surface area contributed by atoms with Crippen LogP contribution in [0.5, 0.6) is 0 Å². The van der Waals surface area contributed by atoms with E-state index in [0.717, 1.165) is 6.54 Å². The van der Waals surface area contributed by atoms with Gasteiger partial charge >= 0.3 is 5.97 Å². The molecule has 0 aromatic carbocycles. The Morgan fingerprint density at radius 3 is 2.12 bits per heavy atom.